The molecule has 0 aromatic rings. The van der Waals surface area contributed by atoms with Crippen LogP contribution in [0.15, 0.2) is 0 Å². The molecule has 0 heterocycles. The van der Waals surface area contributed by atoms with Crippen molar-refractivity contribution in [3.05, 3.63) is 0 Å². The molecule has 6 nitrogen and oxygen atoms in total. The number of nitrogens with one attached hydrogen (secondary N) is 1. The second kappa shape index (κ2) is 31.7. The average Bonchev–Trinajstić information content (AvgIpc) is 2.99. The molecular formula is C36H73NO5. The van der Waals surface area contributed by atoms with Gasteiger partial charge in [-0.25, -0.2) is 0 Å². The highest BCUT2D eigenvalue weighted by atomic mass is 16.3. The first-order chi connectivity index (χ1) is 20.5. The van der Waals surface area contributed by atoms with Crippen LogP contribution < -0.4 is 5.32 Å². The van der Waals surface area contributed by atoms with Gasteiger partial charge in [0.05, 0.1) is 18.8 Å². The van der Waals surface area contributed by atoms with Crippen LogP contribution in [0.4, 0.5) is 0 Å². The quantitative estimate of drug-likeness (QED) is 0.0486. The van der Waals surface area contributed by atoms with Gasteiger partial charge >= 0.3 is 0 Å². The van der Waals surface area contributed by atoms with Crippen molar-refractivity contribution in [2.45, 2.75) is 218 Å². The maximum atomic E-state index is 12.4. The molecule has 4 atom stereocenters. The van der Waals surface area contributed by atoms with Crippen LogP contribution >= 0.6 is 0 Å². The molecule has 0 spiro atoms. The van der Waals surface area contributed by atoms with Crippen LogP contribution in [0.1, 0.15) is 194 Å². The molecule has 0 saturated heterocycles. The molecule has 0 aromatic carbocycles. The average molecular weight is 600 g/mol. The molecule has 0 aliphatic rings. The highest BCUT2D eigenvalue weighted by molar-refractivity contribution is 5.80. The molecule has 0 aliphatic carbocycles. The van der Waals surface area contributed by atoms with Gasteiger partial charge in [0.25, 0.3) is 0 Å². The Morgan fingerprint density at radius 2 is 0.810 bits per heavy atom. The highest BCUT2D eigenvalue weighted by Gasteiger charge is 2.28. The summed E-state index contributed by atoms with van der Waals surface area (Å²) < 4.78 is 0. The smallest absolute Gasteiger partial charge is 0.249 e. The highest BCUT2D eigenvalue weighted by Crippen LogP contribution is 2.16. The van der Waals surface area contributed by atoms with Gasteiger partial charge in [0.2, 0.25) is 5.91 Å². The third kappa shape index (κ3) is 25.8. The Hall–Kier alpha value is -0.690. The largest absolute Gasteiger partial charge is 0.394 e. The van der Waals surface area contributed by atoms with Crippen molar-refractivity contribution in [2.24, 2.45) is 0 Å². The summed E-state index contributed by atoms with van der Waals surface area (Å²) in [7, 11) is 0. The first-order valence-electron chi connectivity index (χ1n) is 18.4. The fourth-order valence-corrected chi connectivity index (χ4v) is 5.81. The summed E-state index contributed by atoms with van der Waals surface area (Å²) in [6, 6.07) is -0.976. The van der Waals surface area contributed by atoms with Crippen molar-refractivity contribution in [2.75, 3.05) is 6.61 Å². The van der Waals surface area contributed by atoms with E-state index < -0.39 is 36.9 Å². The van der Waals surface area contributed by atoms with E-state index in [2.05, 4.69) is 19.2 Å². The number of amides is 1. The van der Waals surface area contributed by atoms with Gasteiger partial charge in [-0.1, -0.05) is 181 Å². The van der Waals surface area contributed by atoms with Gasteiger partial charge < -0.3 is 25.7 Å². The van der Waals surface area contributed by atoms with Crippen molar-refractivity contribution < 1.29 is 25.2 Å². The normalized spacial score (nSPS) is 14.5. The zero-order chi connectivity index (χ0) is 31.1. The van der Waals surface area contributed by atoms with E-state index in [1.165, 1.54) is 128 Å². The van der Waals surface area contributed by atoms with Gasteiger partial charge in [0.15, 0.2) is 0 Å². The summed E-state index contributed by atoms with van der Waals surface area (Å²) in [5, 5.41) is 43.4. The lowest BCUT2D eigenvalue weighted by Gasteiger charge is -2.27. The first kappa shape index (κ1) is 41.3. The fraction of sp³-hybridized carbons (Fsp3) is 0.972. The second-order valence-corrected chi connectivity index (χ2v) is 12.9. The van der Waals surface area contributed by atoms with E-state index in [1.54, 1.807) is 0 Å². The molecule has 0 bridgehead atoms. The van der Waals surface area contributed by atoms with Gasteiger partial charge in [0, 0.05) is 0 Å². The summed E-state index contributed by atoms with van der Waals surface area (Å²) in [4.78, 5) is 12.4. The van der Waals surface area contributed by atoms with Crippen LogP contribution in [-0.4, -0.2) is 57.3 Å². The molecule has 5 N–H and O–H groups in total. The van der Waals surface area contributed by atoms with Crippen molar-refractivity contribution in [3.8, 4) is 0 Å². The molecule has 2 unspecified atom stereocenters. The zero-order valence-electron chi connectivity index (χ0n) is 28.0. The summed E-state index contributed by atoms with van der Waals surface area (Å²) in [5.41, 5.74) is 0. The number of carbonyl (C=O) groups excluding carboxylic acids is 1. The van der Waals surface area contributed by atoms with E-state index in [9.17, 15) is 25.2 Å². The predicted octanol–water partition coefficient (Wildman–Crippen LogP) is 8.51. The maximum absolute atomic E-state index is 12.4. The van der Waals surface area contributed by atoms with Crippen molar-refractivity contribution in [1.29, 1.82) is 0 Å². The number of aliphatic hydroxyl groups is 4. The number of carbonyl (C=O) groups is 1. The van der Waals surface area contributed by atoms with Crippen molar-refractivity contribution in [1.82, 2.24) is 5.32 Å². The Labute approximate surface area is 260 Å². The molecule has 0 radical (unpaired) electrons. The molecule has 0 aliphatic heterocycles. The summed E-state index contributed by atoms with van der Waals surface area (Å²) in [5.74, 6) is -0.583. The minimum atomic E-state index is -1.25. The number of aliphatic hydroxyl groups excluding tert-OH is 4. The van der Waals surface area contributed by atoms with E-state index in [0.29, 0.717) is 12.8 Å². The number of hydrogen-bond acceptors (Lipinski definition) is 5. The lowest BCUT2D eigenvalue weighted by Crippen LogP contribution is -2.53. The summed E-state index contributed by atoms with van der Waals surface area (Å²) in [6.45, 7) is 4.03. The molecule has 1 amide bonds. The lowest BCUT2D eigenvalue weighted by atomic mass is 9.99. The molecular weight excluding hydrogens is 526 g/mol. The van der Waals surface area contributed by atoms with E-state index in [1.807, 2.05) is 0 Å². The Morgan fingerprint density at radius 1 is 0.500 bits per heavy atom. The Bertz CT molecular complexity index is 561. The number of hydrogen-bond donors (Lipinski definition) is 5. The topological polar surface area (TPSA) is 110 Å². The van der Waals surface area contributed by atoms with Crippen LogP contribution in [0.3, 0.4) is 0 Å². The minimum Gasteiger partial charge on any atom is -0.394 e. The van der Waals surface area contributed by atoms with E-state index in [-0.39, 0.29) is 0 Å². The summed E-state index contributed by atoms with van der Waals surface area (Å²) >= 11 is 0. The van der Waals surface area contributed by atoms with Crippen LogP contribution in [-0.2, 0) is 4.79 Å². The molecule has 0 fully saturated rings. The summed E-state index contributed by atoms with van der Waals surface area (Å²) in [6.07, 6.45) is 29.7. The standard InChI is InChI=1S/C36H73NO5/c1-3-5-7-9-11-13-15-17-18-20-22-24-26-28-30-34(40)36(42)37-32(31-38)35(41)33(39)29-27-25-23-21-19-16-14-12-10-8-6-4-2/h32-35,38-41H,3-31H2,1-2H3,(H,37,42)/t32-,33?,34?,35-/m0/s1. The van der Waals surface area contributed by atoms with Gasteiger partial charge in [-0.3, -0.25) is 4.79 Å². The third-order valence-electron chi connectivity index (χ3n) is 8.82. The Morgan fingerprint density at radius 3 is 1.14 bits per heavy atom. The van der Waals surface area contributed by atoms with Crippen LogP contribution in [0.25, 0.3) is 0 Å². The molecule has 0 aromatic heterocycles. The monoisotopic (exact) mass is 600 g/mol. The molecule has 0 saturated carbocycles. The number of unbranched alkanes of at least 4 members (excludes halogenated alkanes) is 24. The minimum absolute atomic E-state index is 0.375. The third-order valence-corrected chi connectivity index (χ3v) is 8.82. The van der Waals surface area contributed by atoms with E-state index in [4.69, 9.17) is 0 Å². The van der Waals surface area contributed by atoms with Crippen LogP contribution in [0.5, 0.6) is 0 Å². The predicted molar refractivity (Wildman–Crippen MR) is 178 cm³/mol. The molecule has 6 heteroatoms. The Balaban J connectivity index is 3.80. The van der Waals surface area contributed by atoms with Crippen molar-refractivity contribution in [3.63, 3.8) is 0 Å². The SMILES string of the molecule is CCCCCCCCCCCCCCCCC(O)C(=O)N[C@@H](CO)[C@H](O)C(O)CCCCCCCCCCCCCC. The van der Waals surface area contributed by atoms with E-state index >= 15 is 0 Å². The molecule has 0 rings (SSSR count). The van der Waals surface area contributed by atoms with Gasteiger partial charge in [-0.05, 0) is 12.8 Å². The van der Waals surface area contributed by atoms with Crippen LogP contribution in [0, 0.1) is 0 Å². The van der Waals surface area contributed by atoms with Crippen molar-refractivity contribution >= 4 is 5.91 Å². The van der Waals surface area contributed by atoms with Gasteiger partial charge in [-0.15, -0.1) is 0 Å². The first-order valence-corrected chi connectivity index (χ1v) is 18.4. The zero-order valence-corrected chi connectivity index (χ0v) is 28.0. The van der Waals surface area contributed by atoms with E-state index in [0.717, 1.165) is 38.5 Å². The maximum Gasteiger partial charge on any atom is 0.249 e. The van der Waals surface area contributed by atoms with Crippen LogP contribution in [0.2, 0.25) is 0 Å². The van der Waals surface area contributed by atoms with Gasteiger partial charge in [-0.2, -0.15) is 0 Å². The second-order valence-electron chi connectivity index (χ2n) is 12.9. The molecule has 42 heavy (non-hydrogen) atoms. The number of rotatable bonds is 33. The lowest BCUT2D eigenvalue weighted by molar-refractivity contribution is -0.132. The Kier molecular flexibility index (Phi) is 31.2. The molecule has 252 valence electrons. The van der Waals surface area contributed by atoms with Gasteiger partial charge in [0.1, 0.15) is 12.2 Å². The fourth-order valence-electron chi connectivity index (χ4n) is 5.81.